The van der Waals surface area contributed by atoms with Gasteiger partial charge in [-0.25, -0.2) is 4.79 Å². The van der Waals surface area contributed by atoms with Gasteiger partial charge in [-0.3, -0.25) is 10.1 Å². The van der Waals surface area contributed by atoms with Crippen LogP contribution in [-0.4, -0.2) is 17.5 Å². The molecule has 0 aromatic heterocycles. The van der Waals surface area contributed by atoms with E-state index >= 15 is 0 Å². The van der Waals surface area contributed by atoms with Gasteiger partial charge in [0, 0.05) is 5.92 Å². The SMILES string of the molecule is O=C1NC(=O)[C@@]2(CCC[C@H]2c2ccccc2)N1. The molecule has 4 nitrogen and oxygen atoms in total. The van der Waals surface area contributed by atoms with Gasteiger partial charge in [0.05, 0.1) is 0 Å². The molecule has 1 aliphatic carbocycles. The average molecular weight is 230 g/mol. The van der Waals surface area contributed by atoms with Crippen molar-refractivity contribution in [3.63, 3.8) is 0 Å². The van der Waals surface area contributed by atoms with Gasteiger partial charge in [-0.15, -0.1) is 0 Å². The van der Waals surface area contributed by atoms with Crippen LogP contribution in [-0.2, 0) is 4.79 Å². The Kier molecular flexibility index (Phi) is 2.18. The van der Waals surface area contributed by atoms with E-state index in [1.165, 1.54) is 0 Å². The monoisotopic (exact) mass is 230 g/mol. The second-order valence-corrected chi connectivity index (χ2v) is 4.74. The fourth-order valence-corrected chi connectivity index (χ4v) is 3.07. The highest BCUT2D eigenvalue weighted by atomic mass is 16.2. The number of urea groups is 1. The summed E-state index contributed by atoms with van der Waals surface area (Å²) in [7, 11) is 0. The highest BCUT2D eigenvalue weighted by Crippen LogP contribution is 2.44. The Hall–Kier alpha value is -1.84. The van der Waals surface area contributed by atoms with Gasteiger partial charge in [0.25, 0.3) is 5.91 Å². The second kappa shape index (κ2) is 3.58. The molecule has 1 aromatic rings. The van der Waals surface area contributed by atoms with Crippen molar-refractivity contribution >= 4 is 11.9 Å². The Morgan fingerprint density at radius 1 is 1.18 bits per heavy atom. The third kappa shape index (κ3) is 1.44. The number of benzene rings is 1. The van der Waals surface area contributed by atoms with Crippen LogP contribution in [0.2, 0.25) is 0 Å². The highest BCUT2D eigenvalue weighted by Gasteiger charge is 2.54. The van der Waals surface area contributed by atoms with Crippen molar-refractivity contribution in [1.29, 1.82) is 0 Å². The zero-order valence-corrected chi connectivity index (χ0v) is 9.40. The molecule has 0 bridgehead atoms. The zero-order valence-electron chi connectivity index (χ0n) is 9.40. The van der Waals surface area contributed by atoms with Crippen molar-refractivity contribution < 1.29 is 9.59 Å². The summed E-state index contributed by atoms with van der Waals surface area (Å²) >= 11 is 0. The lowest BCUT2D eigenvalue weighted by Gasteiger charge is -2.28. The van der Waals surface area contributed by atoms with Crippen LogP contribution in [0.25, 0.3) is 0 Å². The third-order valence-electron chi connectivity index (χ3n) is 3.83. The lowest BCUT2D eigenvalue weighted by Crippen LogP contribution is -2.48. The van der Waals surface area contributed by atoms with E-state index < -0.39 is 5.54 Å². The Morgan fingerprint density at radius 2 is 1.94 bits per heavy atom. The first-order chi connectivity index (χ1) is 8.22. The summed E-state index contributed by atoms with van der Waals surface area (Å²) in [5.74, 6) is -0.0796. The lowest BCUT2D eigenvalue weighted by molar-refractivity contribution is -0.124. The fraction of sp³-hybridized carbons (Fsp3) is 0.385. The predicted octanol–water partition coefficient (Wildman–Crippen LogP) is 1.53. The Morgan fingerprint density at radius 3 is 2.59 bits per heavy atom. The zero-order chi connectivity index (χ0) is 11.9. The number of carbonyl (C=O) groups excluding carboxylic acids is 2. The molecule has 2 N–H and O–H groups in total. The number of hydrogen-bond donors (Lipinski definition) is 2. The van der Waals surface area contributed by atoms with Crippen molar-refractivity contribution in [3.05, 3.63) is 35.9 Å². The normalized spacial score (nSPS) is 31.6. The molecule has 1 heterocycles. The smallest absolute Gasteiger partial charge is 0.322 e. The van der Waals surface area contributed by atoms with Crippen LogP contribution in [0.3, 0.4) is 0 Å². The minimum absolute atomic E-state index is 0.0927. The molecule has 0 radical (unpaired) electrons. The lowest BCUT2D eigenvalue weighted by atomic mass is 9.82. The van der Waals surface area contributed by atoms with E-state index in [4.69, 9.17) is 0 Å². The summed E-state index contributed by atoms with van der Waals surface area (Å²) < 4.78 is 0. The van der Waals surface area contributed by atoms with E-state index in [0.29, 0.717) is 0 Å². The van der Waals surface area contributed by atoms with Crippen LogP contribution in [0, 0.1) is 0 Å². The Balaban J connectivity index is 2.00. The van der Waals surface area contributed by atoms with Gasteiger partial charge in [0.2, 0.25) is 0 Å². The van der Waals surface area contributed by atoms with E-state index in [2.05, 4.69) is 10.6 Å². The van der Waals surface area contributed by atoms with E-state index in [1.54, 1.807) is 0 Å². The van der Waals surface area contributed by atoms with Crippen molar-refractivity contribution in [2.45, 2.75) is 30.7 Å². The fourth-order valence-electron chi connectivity index (χ4n) is 3.07. The quantitative estimate of drug-likeness (QED) is 0.719. The van der Waals surface area contributed by atoms with E-state index in [-0.39, 0.29) is 17.9 Å². The molecule has 1 aliphatic heterocycles. The van der Waals surface area contributed by atoms with Gasteiger partial charge < -0.3 is 5.32 Å². The van der Waals surface area contributed by atoms with Crippen molar-refractivity contribution in [2.24, 2.45) is 0 Å². The maximum atomic E-state index is 12.0. The van der Waals surface area contributed by atoms with Crippen molar-refractivity contribution in [3.8, 4) is 0 Å². The molecule has 1 saturated carbocycles. The number of amides is 3. The molecule has 1 spiro atoms. The predicted molar refractivity (Wildman–Crippen MR) is 62.4 cm³/mol. The van der Waals surface area contributed by atoms with E-state index in [9.17, 15) is 9.59 Å². The minimum atomic E-state index is -0.710. The van der Waals surface area contributed by atoms with Gasteiger partial charge in [0.15, 0.2) is 0 Å². The molecule has 1 saturated heterocycles. The summed E-state index contributed by atoms with van der Waals surface area (Å²) in [6.07, 6.45) is 2.63. The molecular formula is C13H14N2O2. The first kappa shape index (κ1) is 10.3. The molecule has 2 fully saturated rings. The first-order valence-electron chi connectivity index (χ1n) is 5.91. The summed E-state index contributed by atoms with van der Waals surface area (Å²) in [5.41, 5.74) is 0.417. The molecule has 0 unspecified atom stereocenters. The number of carbonyl (C=O) groups is 2. The van der Waals surface area contributed by atoms with Crippen LogP contribution < -0.4 is 10.6 Å². The molecule has 2 atom stereocenters. The summed E-state index contributed by atoms with van der Waals surface area (Å²) in [6, 6.07) is 9.58. The third-order valence-corrected chi connectivity index (χ3v) is 3.83. The van der Waals surface area contributed by atoms with Crippen LogP contribution in [0.5, 0.6) is 0 Å². The number of rotatable bonds is 1. The van der Waals surface area contributed by atoms with Crippen LogP contribution in [0.1, 0.15) is 30.7 Å². The topological polar surface area (TPSA) is 58.2 Å². The second-order valence-electron chi connectivity index (χ2n) is 4.74. The summed E-state index contributed by atoms with van der Waals surface area (Å²) in [6.45, 7) is 0. The number of imide groups is 1. The van der Waals surface area contributed by atoms with Gasteiger partial charge >= 0.3 is 6.03 Å². The minimum Gasteiger partial charge on any atom is -0.323 e. The summed E-state index contributed by atoms with van der Waals surface area (Å²) in [5, 5.41) is 5.19. The molecule has 2 aliphatic rings. The maximum absolute atomic E-state index is 12.0. The molecule has 88 valence electrons. The Bertz CT molecular complexity index is 472. The molecular weight excluding hydrogens is 216 g/mol. The van der Waals surface area contributed by atoms with Crippen LogP contribution in [0.15, 0.2) is 30.3 Å². The standard InChI is InChI=1S/C13H14N2O2/c16-11-13(15-12(17)14-11)8-4-7-10(13)9-5-2-1-3-6-9/h1-3,5-6,10H,4,7-8H2,(H2,14,15,16,17)/t10-,13-/m0/s1. The van der Waals surface area contributed by atoms with Crippen molar-refractivity contribution in [1.82, 2.24) is 10.6 Å². The van der Waals surface area contributed by atoms with E-state index in [0.717, 1.165) is 24.8 Å². The van der Waals surface area contributed by atoms with Crippen LogP contribution >= 0.6 is 0 Å². The molecule has 17 heavy (non-hydrogen) atoms. The van der Waals surface area contributed by atoms with Crippen molar-refractivity contribution in [2.75, 3.05) is 0 Å². The molecule has 3 amide bonds. The van der Waals surface area contributed by atoms with Gasteiger partial charge in [-0.05, 0) is 24.8 Å². The van der Waals surface area contributed by atoms with Gasteiger partial charge in [0.1, 0.15) is 5.54 Å². The average Bonchev–Trinajstić information content (AvgIpc) is 2.86. The molecule has 3 rings (SSSR count). The van der Waals surface area contributed by atoms with Gasteiger partial charge in [-0.1, -0.05) is 30.3 Å². The largest absolute Gasteiger partial charge is 0.323 e. The first-order valence-corrected chi connectivity index (χ1v) is 5.91. The van der Waals surface area contributed by atoms with E-state index in [1.807, 2.05) is 30.3 Å². The number of nitrogens with one attached hydrogen (secondary N) is 2. The van der Waals surface area contributed by atoms with Crippen LogP contribution in [0.4, 0.5) is 4.79 Å². The Labute approximate surface area is 99.4 Å². The maximum Gasteiger partial charge on any atom is 0.322 e. The molecule has 1 aromatic carbocycles. The van der Waals surface area contributed by atoms with Gasteiger partial charge in [-0.2, -0.15) is 0 Å². The molecule has 4 heteroatoms. The highest BCUT2D eigenvalue weighted by molar-refractivity contribution is 6.07. The summed E-state index contributed by atoms with van der Waals surface area (Å²) in [4.78, 5) is 23.3. The number of hydrogen-bond acceptors (Lipinski definition) is 2.